The molecule has 0 aliphatic carbocycles. The SMILES string of the molecule is O=C(NCCc1ccccn1)c1c[nH]c2ncc(Br)cc12. The molecule has 1 amide bonds. The molecule has 0 spiro atoms. The van der Waals surface area contributed by atoms with E-state index in [0.717, 1.165) is 15.6 Å². The standard InChI is InChI=1S/C15H13BrN4O/c16-10-7-12-13(9-20-14(12)19-8-10)15(21)18-6-4-11-3-1-2-5-17-11/h1-3,5,7-9H,4,6H2,(H,18,21)(H,19,20). The Morgan fingerprint density at radius 3 is 3.05 bits per heavy atom. The van der Waals surface area contributed by atoms with Crippen LogP contribution in [0.2, 0.25) is 0 Å². The summed E-state index contributed by atoms with van der Waals surface area (Å²) in [5.41, 5.74) is 2.26. The van der Waals surface area contributed by atoms with E-state index in [1.54, 1.807) is 18.6 Å². The van der Waals surface area contributed by atoms with Crippen LogP contribution in [0, 0.1) is 0 Å². The lowest BCUT2D eigenvalue weighted by Gasteiger charge is -2.04. The highest BCUT2D eigenvalue weighted by atomic mass is 79.9. The highest BCUT2D eigenvalue weighted by Crippen LogP contribution is 2.20. The van der Waals surface area contributed by atoms with E-state index in [4.69, 9.17) is 0 Å². The summed E-state index contributed by atoms with van der Waals surface area (Å²) in [5.74, 6) is -0.114. The predicted octanol–water partition coefficient (Wildman–Crippen LogP) is 2.69. The van der Waals surface area contributed by atoms with Gasteiger partial charge in [-0.15, -0.1) is 0 Å². The van der Waals surface area contributed by atoms with Crippen LogP contribution >= 0.6 is 15.9 Å². The fraction of sp³-hybridized carbons (Fsp3) is 0.133. The Kier molecular flexibility index (Phi) is 3.96. The lowest BCUT2D eigenvalue weighted by Crippen LogP contribution is -2.25. The maximum Gasteiger partial charge on any atom is 0.253 e. The van der Waals surface area contributed by atoms with E-state index < -0.39 is 0 Å². The molecule has 0 atom stereocenters. The normalized spacial score (nSPS) is 10.7. The zero-order valence-corrected chi connectivity index (χ0v) is 12.7. The summed E-state index contributed by atoms with van der Waals surface area (Å²) >= 11 is 3.37. The maximum absolute atomic E-state index is 12.2. The van der Waals surface area contributed by atoms with Crippen LogP contribution in [-0.2, 0) is 6.42 Å². The highest BCUT2D eigenvalue weighted by molar-refractivity contribution is 9.10. The summed E-state index contributed by atoms with van der Waals surface area (Å²) < 4.78 is 0.845. The van der Waals surface area contributed by atoms with Gasteiger partial charge in [0.2, 0.25) is 0 Å². The highest BCUT2D eigenvalue weighted by Gasteiger charge is 2.12. The predicted molar refractivity (Wildman–Crippen MR) is 84.1 cm³/mol. The lowest BCUT2D eigenvalue weighted by atomic mass is 10.2. The number of halogens is 1. The number of aromatic nitrogens is 3. The first-order valence-electron chi connectivity index (χ1n) is 6.55. The largest absolute Gasteiger partial charge is 0.352 e. The second kappa shape index (κ2) is 6.05. The van der Waals surface area contributed by atoms with E-state index in [1.165, 1.54) is 0 Å². The second-order valence-electron chi connectivity index (χ2n) is 4.58. The number of amides is 1. The number of nitrogens with one attached hydrogen (secondary N) is 2. The van der Waals surface area contributed by atoms with Crippen molar-refractivity contribution in [3.8, 4) is 0 Å². The Hall–Kier alpha value is -2.21. The molecule has 3 aromatic heterocycles. The molecule has 3 rings (SSSR count). The van der Waals surface area contributed by atoms with Crippen LogP contribution < -0.4 is 5.32 Å². The van der Waals surface area contributed by atoms with Crippen molar-refractivity contribution in [2.45, 2.75) is 6.42 Å². The molecule has 6 heteroatoms. The van der Waals surface area contributed by atoms with E-state index in [2.05, 4.69) is 36.2 Å². The molecule has 0 unspecified atom stereocenters. The number of nitrogens with zero attached hydrogens (tertiary/aromatic N) is 2. The molecule has 0 bridgehead atoms. The van der Waals surface area contributed by atoms with Gasteiger partial charge in [-0.3, -0.25) is 9.78 Å². The van der Waals surface area contributed by atoms with Crippen molar-refractivity contribution in [3.05, 3.63) is 58.6 Å². The number of carbonyl (C=O) groups excluding carboxylic acids is 1. The van der Waals surface area contributed by atoms with Gasteiger partial charge in [-0.1, -0.05) is 6.07 Å². The quantitative estimate of drug-likeness (QED) is 0.764. The van der Waals surface area contributed by atoms with E-state index >= 15 is 0 Å². The summed E-state index contributed by atoms with van der Waals surface area (Å²) in [6, 6.07) is 7.64. The Bertz CT molecular complexity index is 770. The zero-order chi connectivity index (χ0) is 14.7. The smallest absolute Gasteiger partial charge is 0.253 e. The summed E-state index contributed by atoms with van der Waals surface area (Å²) in [7, 11) is 0. The molecule has 2 N–H and O–H groups in total. The molecule has 21 heavy (non-hydrogen) atoms. The van der Waals surface area contributed by atoms with Crippen molar-refractivity contribution in [2.24, 2.45) is 0 Å². The minimum Gasteiger partial charge on any atom is -0.352 e. The van der Waals surface area contributed by atoms with Crippen molar-refractivity contribution < 1.29 is 4.79 Å². The van der Waals surface area contributed by atoms with Gasteiger partial charge >= 0.3 is 0 Å². The molecule has 0 aromatic carbocycles. The molecule has 0 aliphatic rings. The Balaban J connectivity index is 1.68. The van der Waals surface area contributed by atoms with Crippen molar-refractivity contribution in [2.75, 3.05) is 6.54 Å². The van der Waals surface area contributed by atoms with Gasteiger partial charge in [-0.2, -0.15) is 0 Å². The maximum atomic E-state index is 12.2. The van der Waals surface area contributed by atoms with Crippen LogP contribution in [0.15, 0.2) is 47.3 Å². The van der Waals surface area contributed by atoms with Crippen molar-refractivity contribution in [1.82, 2.24) is 20.3 Å². The van der Waals surface area contributed by atoms with E-state index in [0.29, 0.717) is 24.2 Å². The van der Waals surface area contributed by atoms with Gasteiger partial charge in [0.1, 0.15) is 5.65 Å². The third-order valence-corrected chi connectivity index (χ3v) is 3.57. The Labute approximate surface area is 129 Å². The number of carbonyl (C=O) groups is 1. The average molecular weight is 345 g/mol. The van der Waals surface area contributed by atoms with Crippen LogP contribution in [0.1, 0.15) is 16.1 Å². The second-order valence-corrected chi connectivity index (χ2v) is 5.49. The fourth-order valence-electron chi connectivity index (χ4n) is 2.11. The van der Waals surface area contributed by atoms with Gasteiger partial charge in [0.15, 0.2) is 0 Å². The van der Waals surface area contributed by atoms with Gasteiger partial charge < -0.3 is 10.3 Å². The molecule has 0 fully saturated rings. The van der Waals surface area contributed by atoms with Crippen LogP contribution in [0.4, 0.5) is 0 Å². The number of H-pyrrole nitrogens is 1. The molecule has 3 aromatic rings. The molecule has 5 nitrogen and oxygen atoms in total. The first-order chi connectivity index (χ1) is 10.2. The van der Waals surface area contributed by atoms with Crippen LogP contribution in [0.3, 0.4) is 0 Å². The van der Waals surface area contributed by atoms with Gasteiger partial charge in [0.25, 0.3) is 5.91 Å². The number of aromatic amines is 1. The van der Waals surface area contributed by atoms with Crippen LogP contribution in [0.25, 0.3) is 11.0 Å². The van der Waals surface area contributed by atoms with Crippen LogP contribution in [-0.4, -0.2) is 27.4 Å². The monoisotopic (exact) mass is 344 g/mol. The minimum atomic E-state index is -0.114. The molecular formula is C15H13BrN4O. The summed E-state index contributed by atoms with van der Waals surface area (Å²) in [4.78, 5) is 23.7. The summed E-state index contributed by atoms with van der Waals surface area (Å²) in [6.07, 6.45) is 5.83. The molecular weight excluding hydrogens is 332 g/mol. The van der Waals surface area contributed by atoms with Gasteiger partial charge in [-0.05, 0) is 34.1 Å². The van der Waals surface area contributed by atoms with Crippen molar-refractivity contribution in [1.29, 1.82) is 0 Å². The molecule has 3 heterocycles. The number of fused-ring (bicyclic) bond motifs is 1. The molecule has 0 saturated carbocycles. The van der Waals surface area contributed by atoms with Gasteiger partial charge in [0, 0.05) is 47.1 Å². The topological polar surface area (TPSA) is 70.7 Å². The number of rotatable bonds is 4. The third-order valence-electron chi connectivity index (χ3n) is 3.14. The number of pyridine rings is 2. The molecule has 0 aliphatic heterocycles. The summed E-state index contributed by atoms with van der Waals surface area (Å²) in [6.45, 7) is 0.546. The molecule has 0 radical (unpaired) electrons. The zero-order valence-electron chi connectivity index (χ0n) is 11.1. The first-order valence-corrected chi connectivity index (χ1v) is 7.34. The van der Waals surface area contributed by atoms with Crippen molar-refractivity contribution >= 4 is 32.9 Å². The number of hydrogen-bond acceptors (Lipinski definition) is 3. The van der Waals surface area contributed by atoms with Crippen LogP contribution in [0.5, 0.6) is 0 Å². The van der Waals surface area contributed by atoms with Crippen molar-refractivity contribution in [3.63, 3.8) is 0 Å². The summed E-state index contributed by atoms with van der Waals surface area (Å²) in [5, 5.41) is 3.71. The average Bonchev–Trinajstić information content (AvgIpc) is 2.91. The van der Waals surface area contributed by atoms with Gasteiger partial charge in [0.05, 0.1) is 5.56 Å². The third kappa shape index (κ3) is 3.11. The lowest BCUT2D eigenvalue weighted by molar-refractivity contribution is 0.0956. The molecule has 0 saturated heterocycles. The minimum absolute atomic E-state index is 0.114. The van der Waals surface area contributed by atoms with E-state index in [1.807, 2.05) is 24.3 Å². The number of hydrogen-bond donors (Lipinski definition) is 2. The molecule has 106 valence electrons. The van der Waals surface area contributed by atoms with E-state index in [9.17, 15) is 4.79 Å². The van der Waals surface area contributed by atoms with E-state index in [-0.39, 0.29) is 5.91 Å². The fourth-order valence-corrected chi connectivity index (χ4v) is 2.44. The first kappa shape index (κ1) is 13.8. The Morgan fingerprint density at radius 2 is 2.24 bits per heavy atom. The Morgan fingerprint density at radius 1 is 1.33 bits per heavy atom. The van der Waals surface area contributed by atoms with Gasteiger partial charge in [-0.25, -0.2) is 4.98 Å².